The smallest absolute Gasteiger partial charge is 0.228 e. The van der Waals surface area contributed by atoms with Crippen molar-refractivity contribution >= 4 is 26.7 Å². The van der Waals surface area contributed by atoms with Crippen LogP contribution in [0.2, 0.25) is 0 Å². The molecule has 0 atom stereocenters. The van der Waals surface area contributed by atoms with Gasteiger partial charge in [0, 0.05) is 11.8 Å². The number of carbonyl (C=O) groups is 1. The van der Waals surface area contributed by atoms with Crippen molar-refractivity contribution in [3.8, 4) is 0 Å². The van der Waals surface area contributed by atoms with Crippen LogP contribution < -0.4 is 0 Å². The molecule has 6 heteroatoms. The molecule has 1 heterocycles. The number of fused-ring (bicyclic) bond motifs is 2. The van der Waals surface area contributed by atoms with Crippen molar-refractivity contribution in [3.05, 3.63) is 59.2 Å². The predicted molar refractivity (Wildman–Crippen MR) is 100 cm³/mol. The SMILES string of the molecule is CS(=O)(=O)c1nc2ccccc2n1CC(=O)c1ccc2c(c1)CCCC2. The van der Waals surface area contributed by atoms with E-state index in [1.54, 1.807) is 18.2 Å². The molecule has 0 unspecified atom stereocenters. The van der Waals surface area contributed by atoms with Crippen LogP contribution in [0.1, 0.15) is 34.3 Å². The minimum absolute atomic E-state index is 0.0400. The van der Waals surface area contributed by atoms with Crippen LogP contribution in [0.4, 0.5) is 0 Å². The van der Waals surface area contributed by atoms with Crippen LogP contribution in [0.5, 0.6) is 0 Å². The summed E-state index contributed by atoms with van der Waals surface area (Å²) in [6.07, 6.45) is 5.52. The van der Waals surface area contributed by atoms with E-state index in [-0.39, 0.29) is 17.5 Å². The lowest BCUT2D eigenvalue weighted by Crippen LogP contribution is -2.16. The number of aromatic nitrogens is 2. The van der Waals surface area contributed by atoms with Gasteiger partial charge in [-0.05, 0) is 55.0 Å². The first-order valence-electron chi connectivity index (χ1n) is 8.74. The van der Waals surface area contributed by atoms with Gasteiger partial charge in [-0.2, -0.15) is 0 Å². The van der Waals surface area contributed by atoms with Gasteiger partial charge in [-0.25, -0.2) is 13.4 Å². The number of carbonyl (C=O) groups excluding carboxylic acids is 1. The zero-order valence-electron chi connectivity index (χ0n) is 14.6. The molecule has 134 valence electrons. The second-order valence-electron chi connectivity index (χ2n) is 6.86. The summed E-state index contributed by atoms with van der Waals surface area (Å²) in [7, 11) is -3.54. The Labute approximate surface area is 152 Å². The maximum absolute atomic E-state index is 12.9. The Hall–Kier alpha value is -2.47. The highest BCUT2D eigenvalue weighted by Gasteiger charge is 2.22. The molecule has 0 saturated heterocycles. The van der Waals surface area contributed by atoms with Crippen molar-refractivity contribution in [2.75, 3.05) is 6.26 Å². The largest absolute Gasteiger partial charge is 0.307 e. The number of sulfone groups is 1. The fraction of sp³-hybridized carbons (Fsp3) is 0.300. The van der Waals surface area contributed by atoms with Gasteiger partial charge in [0.05, 0.1) is 17.6 Å². The average molecular weight is 368 g/mol. The minimum Gasteiger partial charge on any atom is -0.307 e. The molecule has 0 radical (unpaired) electrons. The summed E-state index contributed by atoms with van der Waals surface area (Å²) in [6, 6.07) is 13.0. The van der Waals surface area contributed by atoms with E-state index in [0.29, 0.717) is 16.6 Å². The maximum atomic E-state index is 12.9. The third-order valence-electron chi connectivity index (χ3n) is 4.92. The summed E-state index contributed by atoms with van der Waals surface area (Å²) in [5.74, 6) is -0.105. The number of hydrogen-bond donors (Lipinski definition) is 0. The molecular weight excluding hydrogens is 348 g/mol. The number of rotatable bonds is 4. The van der Waals surface area contributed by atoms with Crippen LogP contribution in [-0.4, -0.2) is 30.0 Å². The van der Waals surface area contributed by atoms with Crippen LogP contribution in [0.3, 0.4) is 0 Å². The highest BCUT2D eigenvalue weighted by Crippen LogP contribution is 2.24. The number of benzene rings is 2. The van der Waals surface area contributed by atoms with Crippen LogP contribution in [0.25, 0.3) is 11.0 Å². The first-order valence-corrected chi connectivity index (χ1v) is 10.6. The summed E-state index contributed by atoms with van der Waals surface area (Å²) in [6.45, 7) is -0.0400. The Kier molecular flexibility index (Phi) is 4.15. The van der Waals surface area contributed by atoms with Crippen molar-refractivity contribution in [1.82, 2.24) is 9.55 Å². The zero-order chi connectivity index (χ0) is 18.3. The van der Waals surface area contributed by atoms with Crippen LogP contribution in [0, 0.1) is 0 Å². The number of hydrogen-bond acceptors (Lipinski definition) is 4. The molecule has 0 fully saturated rings. The molecule has 0 bridgehead atoms. The highest BCUT2D eigenvalue weighted by molar-refractivity contribution is 7.90. The molecule has 0 N–H and O–H groups in total. The van der Waals surface area contributed by atoms with Gasteiger partial charge in [0.2, 0.25) is 15.0 Å². The average Bonchev–Trinajstić information content (AvgIpc) is 3.00. The standard InChI is InChI=1S/C20H20N2O3S/c1-26(24,25)20-21-17-8-4-5-9-18(17)22(20)13-19(23)16-11-10-14-6-2-3-7-15(14)12-16/h4-5,8-12H,2-3,6-7,13H2,1H3. The summed E-state index contributed by atoms with van der Waals surface area (Å²) < 4.78 is 25.8. The molecule has 0 amide bonds. The summed E-state index contributed by atoms with van der Waals surface area (Å²) in [4.78, 5) is 17.1. The second kappa shape index (κ2) is 6.36. The normalized spacial score (nSPS) is 14.3. The van der Waals surface area contributed by atoms with Gasteiger partial charge < -0.3 is 4.57 Å². The molecule has 0 aliphatic heterocycles. The van der Waals surface area contributed by atoms with E-state index < -0.39 is 9.84 Å². The Bertz CT molecular complexity index is 1110. The summed E-state index contributed by atoms with van der Waals surface area (Å²) in [5, 5.41) is -0.0648. The van der Waals surface area contributed by atoms with Crippen molar-refractivity contribution < 1.29 is 13.2 Å². The fourth-order valence-corrected chi connectivity index (χ4v) is 4.46. The van der Waals surface area contributed by atoms with Crippen LogP contribution in [0.15, 0.2) is 47.6 Å². The van der Waals surface area contributed by atoms with E-state index in [1.165, 1.54) is 22.1 Å². The number of imidazole rings is 1. The van der Waals surface area contributed by atoms with E-state index in [0.717, 1.165) is 25.5 Å². The molecular formula is C20H20N2O3S. The van der Waals surface area contributed by atoms with Crippen molar-refractivity contribution in [2.45, 2.75) is 37.4 Å². The highest BCUT2D eigenvalue weighted by atomic mass is 32.2. The Morgan fingerprint density at radius 1 is 1.08 bits per heavy atom. The predicted octanol–water partition coefficient (Wildman–Crippen LogP) is 3.20. The molecule has 3 aromatic rings. The van der Waals surface area contributed by atoms with Gasteiger partial charge in [0.1, 0.15) is 0 Å². The molecule has 4 rings (SSSR count). The third-order valence-corrected chi connectivity index (χ3v) is 5.90. The summed E-state index contributed by atoms with van der Waals surface area (Å²) >= 11 is 0. The number of nitrogens with zero attached hydrogens (tertiary/aromatic N) is 2. The second-order valence-corrected chi connectivity index (χ2v) is 8.76. The Morgan fingerprint density at radius 2 is 1.81 bits per heavy atom. The van der Waals surface area contributed by atoms with Gasteiger partial charge in [-0.3, -0.25) is 4.79 Å². The molecule has 0 spiro atoms. The number of Topliss-reactive ketones (excluding diaryl/α,β-unsaturated/α-hetero) is 1. The van der Waals surface area contributed by atoms with E-state index >= 15 is 0 Å². The molecule has 5 nitrogen and oxygen atoms in total. The van der Waals surface area contributed by atoms with Gasteiger partial charge >= 0.3 is 0 Å². The summed E-state index contributed by atoms with van der Waals surface area (Å²) in [5.41, 5.74) is 4.41. The molecule has 2 aromatic carbocycles. The van der Waals surface area contributed by atoms with Gasteiger partial charge in [-0.1, -0.05) is 24.3 Å². The molecule has 1 aromatic heterocycles. The first-order chi connectivity index (χ1) is 12.4. The van der Waals surface area contributed by atoms with E-state index in [1.807, 2.05) is 24.3 Å². The van der Waals surface area contributed by atoms with E-state index in [2.05, 4.69) is 4.98 Å². The monoisotopic (exact) mass is 368 g/mol. The van der Waals surface area contributed by atoms with Gasteiger partial charge in [0.25, 0.3) is 0 Å². The minimum atomic E-state index is -3.54. The van der Waals surface area contributed by atoms with Crippen molar-refractivity contribution in [1.29, 1.82) is 0 Å². The van der Waals surface area contributed by atoms with Gasteiger partial charge in [0.15, 0.2) is 5.78 Å². The zero-order valence-corrected chi connectivity index (χ0v) is 15.4. The third kappa shape index (κ3) is 3.05. The maximum Gasteiger partial charge on any atom is 0.228 e. The first kappa shape index (κ1) is 17.0. The number of aryl methyl sites for hydroxylation is 2. The van der Waals surface area contributed by atoms with E-state index in [4.69, 9.17) is 0 Å². The van der Waals surface area contributed by atoms with Gasteiger partial charge in [-0.15, -0.1) is 0 Å². The van der Waals surface area contributed by atoms with Crippen molar-refractivity contribution in [2.24, 2.45) is 0 Å². The lowest BCUT2D eigenvalue weighted by molar-refractivity contribution is 0.0970. The van der Waals surface area contributed by atoms with Crippen LogP contribution in [-0.2, 0) is 29.2 Å². The lowest BCUT2D eigenvalue weighted by Gasteiger charge is -2.16. The Balaban J connectivity index is 1.74. The topological polar surface area (TPSA) is 69.0 Å². The molecule has 1 aliphatic carbocycles. The quantitative estimate of drug-likeness (QED) is 0.663. The van der Waals surface area contributed by atoms with Crippen LogP contribution >= 0.6 is 0 Å². The molecule has 26 heavy (non-hydrogen) atoms. The number of para-hydroxylation sites is 2. The Morgan fingerprint density at radius 3 is 2.58 bits per heavy atom. The fourth-order valence-electron chi connectivity index (χ4n) is 3.63. The number of ketones is 1. The molecule has 1 aliphatic rings. The van der Waals surface area contributed by atoms with E-state index in [9.17, 15) is 13.2 Å². The molecule has 0 saturated carbocycles. The van der Waals surface area contributed by atoms with Crippen molar-refractivity contribution in [3.63, 3.8) is 0 Å². The lowest BCUT2D eigenvalue weighted by atomic mass is 9.90.